The third-order valence-corrected chi connectivity index (χ3v) is 4.48. The van der Waals surface area contributed by atoms with E-state index in [-0.39, 0.29) is 17.5 Å². The lowest BCUT2D eigenvalue weighted by Gasteiger charge is -2.24. The van der Waals surface area contributed by atoms with Crippen LogP contribution in [0.1, 0.15) is 18.5 Å². The van der Waals surface area contributed by atoms with Gasteiger partial charge in [-0.05, 0) is 31.7 Å². The first-order chi connectivity index (χ1) is 11.6. The molecule has 0 aliphatic carbocycles. The number of carbonyl (C=O) groups is 2. The number of sulfonamides is 1. The minimum absolute atomic E-state index is 0.00669. The zero-order chi connectivity index (χ0) is 19.0. The topological polar surface area (TPSA) is 131 Å². The van der Waals surface area contributed by atoms with E-state index in [4.69, 9.17) is 9.88 Å². The summed E-state index contributed by atoms with van der Waals surface area (Å²) in [5, 5.41) is 9.82. The number of hydrogen-bond acceptors (Lipinski definition) is 6. The van der Waals surface area contributed by atoms with Gasteiger partial charge in [0.15, 0.2) is 0 Å². The van der Waals surface area contributed by atoms with Crippen molar-refractivity contribution in [3.05, 3.63) is 29.8 Å². The van der Waals surface area contributed by atoms with Crippen LogP contribution in [0.2, 0.25) is 0 Å². The molecule has 0 bridgehead atoms. The zero-order valence-corrected chi connectivity index (χ0v) is 15.3. The number of ether oxygens (including phenoxy) is 1. The molecule has 1 aromatic carbocycles. The Morgan fingerprint density at radius 2 is 2.04 bits per heavy atom. The molecule has 1 atom stereocenters. The maximum atomic E-state index is 11.9. The first kappa shape index (κ1) is 21.0. The van der Waals surface area contributed by atoms with E-state index in [0.29, 0.717) is 18.7 Å². The summed E-state index contributed by atoms with van der Waals surface area (Å²) in [6.45, 7) is 2.41. The van der Waals surface area contributed by atoms with Crippen molar-refractivity contribution in [1.29, 1.82) is 0 Å². The molecule has 0 saturated carbocycles. The zero-order valence-electron chi connectivity index (χ0n) is 14.5. The molecule has 4 N–H and O–H groups in total. The number of hydrogen-bond donors (Lipinski definition) is 3. The number of nitrogens with zero attached hydrogens (tertiary/aromatic N) is 1. The van der Waals surface area contributed by atoms with E-state index in [2.05, 4.69) is 10.6 Å². The molecule has 0 fully saturated rings. The number of nitrogens with one attached hydrogen (secondary N) is 2. The lowest BCUT2D eigenvalue weighted by molar-refractivity contribution is -0.121. The highest BCUT2D eigenvalue weighted by Gasteiger charge is 2.18. The summed E-state index contributed by atoms with van der Waals surface area (Å²) in [7, 11) is -0.598. The molecule has 3 amide bonds. The Hall–Kier alpha value is -2.01. The SMILES string of the molecule is COCCNC(=O)NC(=O)CN(C)[C@@H](C)c1cccc(S(N)(=O)=O)c1. The van der Waals surface area contributed by atoms with Gasteiger partial charge in [0.1, 0.15) is 0 Å². The second-order valence-electron chi connectivity index (χ2n) is 5.51. The molecule has 9 nitrogen and oxygen atoms in total. The Labute approximate surface area is 147 Å². The number of imide groups is 1. The van der Waals surface area contributed by atoms with Crippen LogP contribution in [-0.2, 0) is 19.6 Å². The van der Waals surface area contributed by atoms with Gasteiger partial charge < -0.3 is 10.1 Å². The molecule has 140 valence electrons. The number of benzene rings is 1. The number of nitrogens with two attached hydrogens (primary N) is 1. The molecular weight excluding hydrogens is 348 g/mol. The van der Waals surface area contributed by atoms with Crippen LogP contribution in [0.4, 0.5) is 4.79 Å². The van der Waals surface area contributed by atoms with E-state index in [0.717, 1.165) is 0 Å². The minimum atomic E-state index is -3.80. The van der Waals surface area contributed by atoms with Gasteiger partial charge in [-0.25, -0.2) is 18.4 Å². The number of primary sulfonamides is 1. The molecular formula is C15H24N4O5S. The van der Waals surface area contributed by atoms with E-state index < -0.39 is 22.0 Å². The largest absolute Gasteiger partial charge is 0.383 e. The predicted molar refractivity (Wildman–Crippen MR) is 92.3 cm³/mol. The Balaban J connectivity index is 2.63. The van der Waals surface area contributed by atoms with E-state index in [1.807, 2.05) is 6.92 Å². The summed E-state index contributed by atoms with van der Waals surface area (Å²) in [4.78, 5) is 25.1. The van der Waals surface area contributed by atoms with Gasteiger partial charge in [0.2, 0.25) is 15.9 Å². The summed E-state index contributed by atoms with van der Waals surface area (Å²) in [5.41, 5.74) is 0.686. The van der Waals surface area contributed by atoms with Crippen molar-refractivity contribution in [2.24, 2.45) is 5.14 Å². The molecule has 0 heterocycles. The molecule has 10 heteroatoms. The molecule has 1 rings (SSSR count). The first-order valence-electron chi connectivity index (χ1n) is 7.54. The molecule has 0 unspecified atom stereocenters. The number of methoxy groups -OCH3 is 1. The fourth-order valence-electron chi connectivity index (χ4n) is 2.05. The van der Waals surface area contributed by atoms with Crippen molar-refractivity contribution in [2.75, 3.05) is 33.9 Å². The van der Waals surface area contributed by atoms with Crippen LogP contribution in [0, 0.1) is 0 Å². The third-order valence-electron chi connectivity index (χ3n) is 3.57. The molecule has 0 aliphatic heterocycles. The fourth-order valence-corrected chi connectivity index (χ4v) is 2.61. The summed E-state index contributed by atoms with van der Waals surface area (Å²) < 4.78 is 27.7. The fraction of sp³-hybridized carbons (Fsp3) is 0.467. The molecule has 0 spiro atoms. The predicted octanol–water partition coefficient (Wildman–Crippen LogP) is -0.201. The van der Waals surface area contributed by atoms with Gasteiger partial charge in [-0.15, -0.1) is 0 Å². The standard InChI is InChI=1S/C15H24N4O5S/c1-11(12-5-4-6-13(9-12)25(16,22)23)19(2)10-14(20)18-15(21)17-7-8-24-3/h4-6,9,11H,7-8,10H2,1-3H3,(H2,16,22,23)(H2,17,18,20,21)/t11-/m0/s1. The van der Waals surface area contributed by atoms with Crippen LogP contribution in [-0.4, -0.2) is 59.1 Å². The maximum absolute atomic E-state index is 11.9. The molecule has 0 aromatic heterocycles. The average molecular weight is 372 g/mol. The molecule has 0 saturated heterocycles. The van der Waals surface area contributed by atoms with Crippen molar-refractivity contribution < 1.29 is 22.7 Å². The lowest BCUT2D eigenvalue weighted by Crippen LogP contribution is -2.44. The number of rotatable bonds is 8. The monoisotopic (exact) mass is 372 g/mol. The van der Waals surface area contributed by atoms with Crippen molar-refractivity contribution in [1.82, 2.24) is 15.5 Å². The highest BCUT2D eigenvalue weighted by Crippen LogP contribution is 2.21. The molecule has 0 aliphatic rings. The van der Waals surface area contributed by atoms with Crippen LogP contribution in [0.25, 0.3) is 0 Å². The maximum Gasteiger partial charge on any atom is 0.321 e. The number of carbonyl (C=O) groups excluding carboxylic acids is 2. The Morgan fingerprint density at radius 1 is 1.36 bits per heavy atom. The normalized spacial score (nSPS) is 12.7. The van der Waals surface area contributed by atoms with Crippen LogP contribution in [0.15, 0.2) is 29.2 Å². The van der Waals surface area contributed by atoms with Crippen molar-refractivity contribution >= 4 is 22.0 Å². The summed E-state index contributed by atoms with van der Waals surface area (Å²) in [5.74, 6) is -0.480. The second kappa shape index (κ2) is 9.47. The smallest absolute Gasteiger partial charge is 0.321 e. The average Bonchev–Trinajstić information content (AvgIpc) is 2.53. The Bertz CT molecular complexity index is 708. The Morgan fingerprint density at radius 3 is 2.64 bits per heavy atom. The van der Waals surface area contributed by atoms with Crippen molar-refractivity contribution in [2.45, 2.75) is 17.9 Å². The van der Waals surface area contributed by atoms with Gasteiger partial charge in [0.25, 0.3) is 0 Å². The molecule has 25 heavy (non-hydrogen) atoms. The van der Waals surface area contributed by atoms with Gasteiger partial charge in [-0.2, -0.15) is 0 Å². The summed E-state index contributed by atoms with van der Waals surface area (Å²) >= 11 is 0. The summed E-state index contributed by atoms with van der Waals surface area (Å²) in [6.07, 6.45) is 0. The van der Waals surface area contributed by atoms with E-state index in [9.17, 15) is 18.0 Å². The molecule has 1 aromatic rings. The number of likely N-dealkylation sites (N-methyl/N-ethyl adjacent to an activating group) is 1. The van der Waals surface area contributed by atoms with Gasteiger partial charge in [-0.3, -0.25) is 15.0 Å². The minimum Gasteiger partial charge on any atom is -0.383 e. The van der Waals surface area contributed by atoms with Crippen LogP contribution >= 0.6 is 0 Å². The number of urea groups is 1. The van der Waals surface area contributed by atoms with Gasteiger partial charge in [-0.1, -0.05) is 12.1 Å². The van der Waals surface area contributed by atoms with Gasteiger partial charge in [0.05, 0.1) is 18.0 Å². The van der Waals surface area contributed by atoms with Crippen LogP contribution in [0.3, 0.4) is 0 Å². The third kappa shape index (κ3) is 7.18. The highest BCUT2D eigenvalue weighted by atomic mass is 32.2. The van der Waals surface area contributed by atoms with E-state index in [1.54, 1.807) is 24.1 Å². The van der Waals surface area contributed by atoms with E-state index >= 15 is 0 Å². The van der Waals surface area contributed by atoms with Gasteiger partial charge in [0, 0.05) is 19.7 Å². The lowest BCUT2D eigenvalue weighted by atomic mass is 10.1. The highest BCUT2D eigenvalue weighted by molar-refractivity contribution is 7.89. The van der Waals surface area contributed by atoms with Gasteiger partial charge >= 0.3 is 6.03 Å². The van der Waals surface area contributed by atoms with E-state index in [1.165, 1.54) is 19.2 Å². The summed E-state index contributed by atoms with van der Waals surface area (Å²) in [6, 6.07) is 5.34. The Kier molecular flexibility index (Phi) is 7.97. The van der Waals surface area contributed by atoms with Crippen LogP contribution < -0.4 is 15.8 Å². The van der Waals surface area contributed by atoms with Crippen molar-refractivity contribution in [3.63, 3.8) is 0 Å². The van der Waals surface area contributed by atoms with Crippen LogP contribution in [0.5, 0.6) is 0 Å². The quantitative estimate of drug-likeness (QED) is 0.542. The second-order valence-corrected chi connectivity index (χ2v) is 7.07. The molecule has 0 radical (unpaired) electrons. The number of amides is 3. The first-order valence-corrected chi connectivity index (χ1v) is 9.09. The van der Waals surface area contributed by atoms with Crippen molar-refractivity contribution in [3.8, 4) is 0 Å².